The fraction of sp³-hybridized carbons (Fsp3) is 0.250. The second-order valence-electron chi connectivity index (χ2n) is 1.94. The van der Waals surface area contributed by atoms with Crippen LogP contribution in [-0.2, 0) is 0 Å². The van der Waals surface area contributed by atoms with Crippen molar-refractivity contribution in [3.8, 4) is 0 Å². The molecule has 0 N–H and O–H groups in total. The Kier molecular flexibility index (Phi) is 3.30. The zero-order valence-electron chi connectivity index (χ0n) is 5.59. The van der Waals surface area contributed by atoms with Crippen LogP contribution in [0, 0.1) is 0 Å². The highest BCUT2D eigenvalue weighted by Gasteiger charge is 1.83. The monoisotopic (exact) mass is 200 g/mol. The molecule has 0 spiro atoms. The van der Waals surface area contributed by atoms with E-state index in [1.54, 1.807) is 12.5 Å². The van der Waals surface area contributed by atoms with Crippen molar-refractivity contribution in [2.24, 2.45) is 0 Å². The molecule has 54 valence electrons. The summed E-state index contributed by atoms with van der Waals surface area (Å²) < 4.78 is 4.88. The first-order valence-electron chi connectivity index (χ1n) is 3.18. The van der Waals surface area contributed by atoms with E-state index >= 15 is 0 Å². The van der Waals surface area contributed by atoms with Crippen molar-refractivity contribution in [1.29, 1.82) is 0 Å². The van der Waals surface area contributed by atoms with Gasteiger partial charge in [-0.25, -0.2) is 0 Å². The van der Waals surface area contributed by atoms with E-state index < -0.39 is 0 Å². The van der Waals surface area contributed by atoms with E-state index in [4.69, 9.17) is 4.42 Å². The Bertz CT molecular complexity index is 189. The Hall–Kier alpha value is -0.500. The minimum absolute atomic E-state index is 1.02. The summed E-state index contributed by atoms with van der Waals surface area (Å²) in [6.07, 6.45) is 8.62. The van der Waals surface area contributed by atoms with Gasteiger partial charge in [0.05, 0.1) is 12.5 Å². The topological polar surface area (TPSA) is 13.1 Å². The Morgan fingerprint density at radius 1 is 1.60 bits per heavy atom. The van der Waals surface area contributed by atoms with Gasteiger partial charge in [-0.2, -0.15) is 0 Å². The first kappa shape index (κ1) is 7.61. The molecular formula is C8H9BrO. The number of hydrogen-bond donors (Lipinski definition) is 0. The van der Waals surface area contributed by atoms with Gasteiger partial charge in [0.2, 0.25) is 0 Å². The molecule has 1 rings (SSSR count). The molecule has 1 nitrogen and oxygen atoms in total. The van der Waals surface area contributed by atoms with E-state index in [1.807, 2.05) is 12.1 Å². The van der Waals surface area contributed by atoms with Crippen LogP contribution >= 0.6 is 15.9 Å². The highest BCUT2D eigenvalue weighted by molar-refractivity contribution is 9.09. The van der Waals surface area contributed by atoms with Gasteiger partial charge in [0.25, 0.3) is 0 Å². The maximum Gasteiger partial charge on any atom is 0.0974 e. The summed E-state index contributed by atoms with van der Waals surface area (Å²) in [5.74, 6) is 0. The molecule has 0 saturated heterocycles. The summed E-state index contributed by atoms with van der Waals surface area (Å²) in [5, 5.41) is 1.02. The van der Waals surface area contributed by atoms with E-state index in [2.05, 4.69) is 22.0 Å². The van der Waals surface area contributed by atoms with E-state index in [0.717, 1.165) is 17.3 Å². The van der Waals surface area contributed by atoms with Gasteiger partial charge in [-0.05, 0) is 12.5 Å². The minimum Gasteiger partial charge on any atom is -0.472 e. The van der Waals surface area contributed by atoms with Crippen LogP contribution in [0.5, 0.6) is 0 Å². The van der Waals surface area contributed by atoms with Crippen molar-refractivity contribution in [3.63, 3.8) is 0 Å². The van der Waals surface area contributed by atoms with Gasteiger partial charge in [0.15, 0.2) is 0 Å². The van der Waals surface area contributed by atoms with Crippen molar-refractivity contribution in [2.45, 2.75) is 6.42 Å². The Labute approximate surface area is 68.9 Å². The van der Waals surface area contributed by atoms with Gasteiger partial charge in [-0.3, -0.25) is 0 Å². The fourth-order valence-corrected chi connectivity index (χ4v) is 0.917. The molecule has 0 unspecified atom stereocenters. The summed E-state index contributed by atoms with van der Waals surface area (Å²) >= 11 is 3.34. The summed E-state index contributed by atoms with van der Waals surface area (Å²) in [7, 11) is 0. The number of rotatable bonds is 3. The van der Waals surface area contributed by atoms with Gasteiger partial charge >= 0.3 is 0 Å². The molecule has 1 heterocycles. The third-order valence-corrected chi connectivity index (χ3v) is 1.59. The molecule has 0 aromatic carbocycles. The van der Waals surface area contributed by atoms with Crippen LogP contribution in [0.15, 0.2) is 29.1 Å². The smallest absolute Gasteiger partial charge is 0.0974 e. The maximum absolute atomic E-state index is 4.88. The first-order chi connectivity index (χ1) is 4.93. The third-order valence-electron chi connectivity index (χ3n) is 1.13. The molecule has 0 atom stereocenters. The highest BCUT2D eigenvalue weighted by atomic mass is 79.9. The first-order valence-corrected chi connectivity index (χ1v) is 4.30. The van der Waals surface area contributed by atoms with Gasteiger partial charge in [0.1, 0.15) is 0 Å². The Morgan fingerprint density at radius 3 is 3.10 bits per heavy atom. The van der Waals surface area contributed by atoms with Crippen molar-refractivity contribution >= 4 is 22.0 Å². The van der Waals surface area contributed by atoms with Gasteiger partial charge < -0.3 is 4.42 Å². The van der Waals surface area contributed by atoms with Crippen molar-refractivity contribution in [3.05, 3.63) is 30.2 Å². The highest BCUT2D eigenvalue weighted by Crippen LogP contribution is 2.03. The zero-order valence-corrected chi connectivity index (χ0v) is 7.17. The maximum atomic E-state index is 4.88. The molecule has 2 heteroatoms. The van der Waals surface area contributed by atoms with Crippen LogP contribution in [0.2, 0.25) is 0 Å². The Morgan fingerprint density at radius 2 is 2.50 bits per heavy atom. The third kappa shape index (κ3) is 2.40. The SMILES string of the molecule is BrCC/C=C/c1ccoc1. The molecule has 10 heavy (non-hydrogen) atoms. The predicted octanol–water partition coefficient (Wildman–Crippen LogP) is 3.08. The van der Waals surface area contributed by atoms with E-state index in [9.17, 15) is 0 Å². The molecule has 0 fully saturated rings. The molecule has 0 aliphatic carbocycles. The molecule has 0 aliphatic rings. The Balaban J connectivity index is 2.40. The normalized spacial score (nSPS) is 10.9. The van der Waals surface area contributed by atoms with Crippen LogP contribution in [0.4, 0.5) is 0 Å². The largest absolute Gasteiger partial charge is 0.472 e. The van der Waals surface area contributed by atoms with Crippen LogP contribution in [0.1, 0.15) is 12.0 Å². The molecular weight excluding hydrogens is 192 g/mol. The van der Waals surface area contributed by atoms with Crippen LogP contribution in [-0.4, -0.2) is 5.33 Å². The van der Waals surface area contributed by atoms with E-state index in [-0.39, 0.29) is 0 Å². The molecule has 1 aromatic rings. The van der Waals surface area contributed by atoms with Crippen LogP contribution in [0.25, 0.3) is 6.08 Å². The molecule has 1 aromatic heterocycles. The van der Waals surface area contributed by atoms with E-state index in [0.29, 0.717) is 0 Å². The van der Waals surface area contributed by atoms with Gasteiger partial charge in [0, 0.05) is 10.9 Å². The number of halogens is 1. The summed E-state index contributed by atoms with van der Waals surface area (Å²) in [6, 6.07) is 1.94. The van der Waals surface area contributed by atoms with Crippen molar-refractivity contribution in [1.82, 2.24) is 0 Å². The second-order valence-corrected chi connectivity index (χ2v) is 2.73. The fourth-order valence-electron chi connectivity index (χ4n) is 0.652. The quantitative estimate of drug-likeness (QED) is 0.685. The number of hydrogen-bond acceptors (Lipinski definition) is 1. The lowest BCUT2D eigenvalue weighted by Crippen LogP contribution is -1.65. The summed E-state index contributed by atoms with van der Waals surface area (Å²) in [5.41, 5.74) is 1.13. The van der Waals surface area contributed by atoms with Gasteiger partial charge in [-0.15, -0.1) is 0 Å². The molecule has 0 saturated carbocycles. The summed E-state index contributed by atoms with van der Waals surface area (Å²) in [6.45, 7) is 0. The molecule has 0 radical (unpaired) electrons. The van der Waals surface area contributed by atoms with Crippen LogP contribution < -0.4 is 0 Å². The predicted molar refractivity (Wildman–Crippen MR) is 46.2 cm³/mol. The molecule has 0 aliphatic heterocycles. The average molecular weight is 201 g/mol. The molecule has 0 amide bonds. The van der Waals surface area contributed by atoms with E-state index in [1.165, 1.54) is 0 Å². The lowest BCUT2D eigenvalue weighted by Gasteiger charge is -1.81. The lowest BCUT2D eigenvalue weighted by molar-refractivity contribution is 0.567. The average Bonchev–Trinajstić information content (AvgIpc) is 2.41. The van der Waals surface area contributed by atoms with Crippen LogP contribution in [0.3, 0.4) is 0 Å². The summed E-state index contributed by atoms with van der Waals surface area (Å²) in [4.78, 5) is 0. The minimum atomic E-state index is 1.02. The van der Waals surface area contributed by atoms with Gasteiger partial charge in [-0.1, -0.05) is 28.1 Å². The van der Waals surface area contributed by atoms with Crippen molar-refractivity contribution in [2.75, 3.05) is 5.33 Å². The number of furan rings is 1. The second kappa shape index (κ2) is 4.34. The molecule has 0 bridgehead atoms. The zero-order chi connectivity index (χ0) is 7.23. The lowest BCUT2D eigenvalue weighted by atomic mass is 10.3. The van der Waals surface area contributed by atoms with Crippen molar-refractivity contribution < 1.29 is 4.42 Å². The standard InChI is InChI=1S/C8H9BrO/c9-5-2-1-3-8-4-6-10-7-8/h1,3-4,6-7H,2,5H2/b3-1+. The number of allylic oxidation sites excluding steroid dienone is 1. The number of alkyl halides is 1.